The number of piperidine rings is 1. The Kier molecular flexibility index (Phi) is 7.52. The molecular formula is C17H30N2O4. The largest absolute Gasteiger partial charge is 0.481 e. The molecule has 0 saturated carbocycles. The van der Waals surface area contributed by atoms with Crippen LogP contribution in [0.1, 0.15) is 46.5 Å². The zero-order valence-corrected chi connectivity index (χ0v) is 14.7. The number of carbonyl (C=O) groups is 3. The molecule has 0 aromatic rings. The number of hydrogen-bond acceptors (Lipinski definition) is 3. The molecule has 0 bridgehead atoms. The van der Waals surface area contributed by atoms with Gasteiger partial charge in [-0.25, -0.2) is 0 Å². The SMILES string of the molecule is CC(C)CC(C)CC(=O)N(C)CC(=O)N1CCCC(C(=O)O)C1. The Hall–Kier alpha value is -1.59. The lowest BCUT2D eigenvalue weighted by atomic mass is 9.95. The summed E-state index contributed by atoms with van der Waals surface area (Å²) in [6.45, 7) is 7.16. The van der Waals surface area contributed by atoms with Gasteiger partial charge in [-0.1, -0.05) is 20.8 Å². The molecule has 0 aromatic carbocycles. The Morgan fingerprint density at radius 1 is 1.26 bits per heavy atom. The maximum atomic E-state index is 12.3. The molecule has 1 N–H and O–H groups in total. The molecule has 2 amide bonds. The van der Waals surface area contributed by atoms with Gasteiger partial charge < -0.3 is 14.9 Å². The minimum atomic E-state index is -0.852. The topological polar surface area (TPSA) is 77.9 Å². The van der Waals surface area contributed by atoms with E-state index in [1.165, 1.54) is 4.90 Å². The maximum absolute atomic E-state index is 12.3. The number of likely N-dealkylation sites (N-methyl/N-ethyl adjacent to an activating group) is 1. The van der Waals surface area contributed by atoms with Crippen molar-refractivity contribution >= 4 is 17.8 Å². The van der Waals surface area contributed by atoms with Crippen LogP contribution in [0.5, 0.6) is 0 Å². The van der Waals surface area contributed by atoms with E-state index in [1.807, 2.05) is 0 Å². The number of hydrogen-bond donors (Lipinski definition) is 1. The Morgan fingerprint density at radius 2 is 1.91 bits per heavy atom. The first-order chi connectivity index (χ1) is 10.7. The minimum absolute atomic E-state index is 0.0274. The molecule has 6 heteroatoms. The normalized spacial score (nSPS) is 19.5. The summed E-state index contributed by atoms with van der Waals surface area (Å²) in [5.74, 6) is -0.687. The Morgan fingerprint density at radius 3 is 2.48 bits per heavy atom. The number of carboxylic acid groups (broad SMARTS) is 1. The Bertz CT molecular complexity index is 436. The monoisotopic (exact) mass is 326 g/mol. The van der Waals surface area contributed by atoms with Gasteiger partial charge in [-0.2, -0.15) is 0 Å². The van der Waals surface area contributed by atoms with E-state index in [1.54, 1.807) is 11.9 Å². The smallest absolute Gasteiger partial charge is 0.308 e. The van der Waals surface area contributed by atoms with Crippen LogP contribution in [0.15, 0.2) is 0 Å². The molecule has 0 spiro atoms. The second-order valence-corrected chi connectivity index (χ2v) is 7.21. The lowest BCUT2D eigenvalue weighted by Crippen LogP contribution is -2.47. The zero-order valence-electron chi connectivity index (χ0n) is 14.7. The summed E-state index contributed by atoms with van der Waals surface area (Å²) in [5, 5.41) is 9.08. The number of amides is 2. The van der Waals surface area contributed by atoms with Crippen LogP contribution in [0.4, 0.5) is 0 Å². The lowest BCUT2D eigenvalue weighted by molar-refractivity contribution is -0.147. The Balaban J connectivity index is 2.46. The van der Waals surface area contributed by atoms with Gasteiger partial charge in [0.1, 0.15) is 0 Å². The van der Waals surface area contributed by atoms with Gasteiger partial charge >= 0.3 is 5.97 Å². The maximum Gasteiger partial charge on any atom is 0.308 e. The molecule has 0 aliphatic carbocycles. The van der Waals surface area contributed by atoms with E-state index >= 15 is 0 Å². The molecule has 23 heavy (non-hydrogen) atoms. The highest BCUT2D eigenvalue weighted by Crippen LogP contribution is 2.18. The first kappa shape index (κ1) is 19.5. The molecule has 2 atom stereocenters. The predicted molar refractivity (Wildman–Crippen MR) is 87.8 cm³/mol. The van der Waals surface area contributed by atoms with Gasteiger partial charge in [0.25, 0.3) is 0 Å². The fourth-order valence-electron chi connectivity index (χ4n) is 3.14. The highest BCUT2D eigenvalue weighted by atomic mass is 16.4. The number of carbonyl (C=O) groups excluding carboxylic acids is 2. The van der Waals surface area contributed by atoms with Crippen molar-refractivity contribution < 1.29 is 19.5 Å². The zero-order chi connectivity index (χ0) is 17.6. The third-order valence-corrected chi connectivity index (χ3v) is 4.32. The van der Waals surface area contributed by atoms with Gasteiger partial charge in [-0.15, -0.1) is 0 Å². The molecule has 1 saturated heterocycles. The Labute approximate surface area is 138 Å². The van der Waals surface area contributed by atoms with E-state index in [-0.39, 0.29) is 24.9 Å². The second kappa shape index (κ2) is 8.89. The fraction of sp³-hybridized carbons (Fsp3) is 0.824. The summed E-state index contributed by atoms with van der Waals surface area (Å²) in [4.78, 5) is 38.6. The van der Waals surface area contributed by atoms with Crippen molar-refractivity contribution in [3.8, 4) is 0 Å². The van der Waals surface area contributed by atoms with Crippen LogP contribution < -0.4 is 0 Å². The van der Waals surface area contributed by atoms with Gasteiger partial charge in [0.05, 0.1) is 12.5 Å². The van der Waals surface area contributed by atoms with Gasteiger partial charge in [0.15, 0.2) is 0 Å². The van der Waals surface area contributed by atoms with E-state index in [4.69, 9.17) is 5.11 Å². The highest BCUT2D eigenvalue weighted by Gasteiger charge is 2.29. The first-order valence-corrected chi connectivity index (χ1v) is 8.45. The van der Waals surface area contributed by atoms with Crippen LogP contribution in [0.3, 0.4) is 0 Å². The van der Waals surface area contributed by atoms with Crippen molar-refractivity contribution in [3.05, 3.63) is 0 Å². The standard InChI is InChI=1S/C17H30N2O4/c1-12(2)8-13(3)9-15(20)18(4)11-16(21)19-7-5-6-14(10-19)17(22)23/h12-14H,5-11H2,1-4H3,(H,22,23). The van der Waals surface area contributed by atoms with Crippen LogP contribution >= 0.6 is 0 Å². The van der Waals surface area contributed by atoms with Crippen molar-refractivity contribution in [2.75, 3.05) is 26.7 Å². The third-order valence-electron chi connectivity index (χ3n) is 4.32. The number of carboxylic acids is 1. The molecule has 1 fully saturated rings. The summed E-state index contributed by atoms with van der Waals surface area (Å²) >= 11 is 0. The summed E-state index contributed by atoms with van der Waals surface area (Å²) in [6.07, 6.45) is 2.74. The van der Waals surface area contributed by atoms with Crippen LogP contribution in [0.2, 0.25) is 0 Å². The van der Waals surface area contributed by atoms with Crippen LogP contribution in [-0.2, 0) is 14.4 Å². The molecule has 1 aliphatic rings. The quantitative estimate of drug-likeness (QED) is 0.774. The number of likely N-dealkylation sites (tertiary alicyclic amines) is 1. The van der Waals surface area contributed by atoms with Crippen molar-refractivity contribution in [1.29, 1.82) is 0 Å². The minimum Gasteiger partial charge on any atom is -0.481 e. The van der Waals surface area contributed by atoms with Gasteiger partial charge in [-0.05, 0) is 31.1 Å². The molecule has 0 aromatic heterocycles. The lowest BCUT2D eigenvalue weighted by Gasteiger charge is -2.32. The molecular weight excluding hydrogens is 296 g/mol. The molecule has 132 valence electrons. The number of rotatable bonds is 7. The average Bonchev–Trinajstić information content (AvgIpc) is 2.46. The average molecular weight is 326 g/mol. The highest BCUT2D eigenvalue weighted by molar-refractivity contribution is 5.85. The van der Waals surface area contributed by atoms with Crippen molar-refractivity contribution in [3.63, 3.8) is 0 Å². The van der Waals surface area contributed by atoms with Crippen LogP contribution in [0.25, 0.3) is 0 Å². The number of aliphatic carboxylic acids is 1. The first-order valence-electron chi connectivity index (χ1n) is 8.45. The van der Waals surface area contributed by atoms with Crippen molar-refractivity contribution in [2.45, 2.75) is 46.5 Å². The fourth-order valence-corrected chi connectivity index (χ4v) is 3.14. The summed E-state index contributed by atoms with van der Waals surface area (Å²) in [6, 6.07) is 0. The van der Waals surface area contributed by atoms with E-state index < -0.39 is 11.9 Å². The molecule has 6 nitrogen and oxygen atoms in total. The molecule has 0 radical (unpaired) electrons. The second-order valence-electron chi connectivity index (χ2n) is 7.21. The third kappa shape index (κ3) is 6.59. The van der Waals surface area contributed by atoms with Crippen molar-refractivity contribution in [2.24, 2.45) is 17.8 Å². The van der Waals surface area contributed by atoms with Crippen molar-refractivity contribution in [1.82, 2.24) is 9.80 Å². The van der Waals surface area contributed by atoms with Gasteiger partial charge in [-0.3, -0.25) is 14.4 Å². The van der Waals surface area contributed by atoms with Gasteiger partial charge in [0, 0.05) is 26.6 Å². The van der Waals surface area contributed by atoms with E-state index in [9.17, 15) is 14.4 Å². The number of nitrogens with zero attached hydrogens (tertiary/aromatic N) is 2. The van der Waals surface area contributed by atoms with E-state index in [0.29, 0.717) is 37.6 Å². The summed E-state index contributed by atoms with van der Waals surface area (Å²) in [7, 11) is 1.64. The van der Waals surface area contributed by atoms with Crippen LogP contribution in [0, 0.1) is 17.8 Å². The van der Waals surface area contributed by atoms with E-state index in [2.05, 4.69) is 20.8 Å². The van der Waals surface area contributed by atoms with E-state index in [0.717, 1.165) is 6.42 Å². The molecule has 1 heterocycles. The van der Waals surface area contributed by atoms with Gasteiger partial charge in [0.2, 0.25) is 11.8 Å². The van der Waals surface area contributed by atoms with Crippen LogP contribution in [-0.4, -0.2) is 59.4 Å². The molecule has 1 rings (SSSR count). The predicted octanol–water partition coefficient (Wildman–Crippen LogP) is 1.84. The summed E-state index contributed by atoms with van der Waals surface area (Å²) in [5.41, 5.74) is 0. The molecule has 1 aliphatic heterocycles. The summed E-state index contributed by atoms with van der Waals surface area (Å²) < 4.78 is 0. The molecule has 2 unspecified atom stereocenters.